The van der Waals surface area contributed by atoms with Gasteiger partial charge in [-0.05, 0) is 11.5 Å². The molecule has 0 aromatic carbocycles. The molecule has 1 N–H and O–H groups in total. The molecule has 0 rings (SSSR count). The average molecular weight is 164 g/mol. The van der Waals surface area contributed by atoms with Gasteiger partial charge in [-0.2, -0.15) is 0 Å². The van der Waals surface area contributed by atoms with Crippen molar-refractivity contribution in [3.05, 3.63) is 12.7 Å². The number of hydrogen-bond acceptors (Lipinski definition) is 4. The second-order valence-corrected chi connectivity index (χ2v) is 2.26. The molecule has 1 atom stereocenters. The molecule has 0 aliphatic heterocycles. The highest BCUT2D eigenvalue weighted by molar-refractivity contribution is 7.33. The fourth-order valence-corrected chi connectivity index (χ4v) is 0.724. The van der Waals surface area contributed by atoms with Gasteiger partial charge in [-0.1, -0.05) is 6.08 Å². The molecule has 0 aromatic rings. The van der Waals surface area contributed by atoms with E-state index in [1.54, 1.807) is 13.0 Å². The molecule has 0 aliphatic rings. The Labute approximate surface area is 61.1 Å². The molecule has 0 saturated heterocycles. The maximum absolute atomic E-state index is 10.5. The monoisotopic (exact) mass is 164 g/mol. The minimum Gasteiger partial charge on any atom is -0.145 e. The maximum atomic E-state index is 10.5. The van der Waals surface area contributed by atoms with Crippen molar-refractivity contribution in [2.75, 3.05) is 13.2 Å². The van der Waals surface area contributed by atoms with Crippen LogP contribution >= 0.6 is 8.25 Å². The lowest BCUT2D eigenvalue weighted by Crippen LogP contribution is -2.09. The SMILES string of the molecule is C=CCNO[P+](=O)OCC. The van der Waals surface area contributed by atoms with Gasteiger partial charge in [0.25, 0.3) is 0 Å². The van der Waals surface area contributed by atoms with Crippen molar-refractivity contribution in [1.29, 1.82) is 0 Å². The van der Waals surface area contributed by atoms with Crippen LogP contribution < -0.4 is 5.48 Å². The molecule has 0 spiro atoms. The van der Waals surface area contributed by atoms with Crippen LogP contribution in [-0.2, 0) is 13.7 Å². The molecule has 0 amide bonds. The molecule has 0 bridgehead atoms. The number of hydrogen-bond donors (Lipinski definition) is 1. The van der Waals surface area contributed by atoms with Crippen molar-refractivity contribution in [1.82, 2.24) is 5.48 Å². The van der Waals surface area contributed by atoms with Crippen LogP contribution in [0.2, 0.25) is 0 Å². The van der Waals surface area contributed by atoms with Crippen molar-refractivity contribution in [2.45, 2.75) is 6.92 Å². The largest absolute Gasteiger partial charge is 0.716 e. The van der Waals surface area contributed by atoms with E-state index in [0.717, 1.165) is 0 Å². The van der Waals surface area contributed by atoms with Gasteiger partial charge in [0.2, 0.25) is 0 Å². The lowest BCUT2D eigenvalue weighted by atomic mass is 10.7. The van der Waals surface area contributed by atoms with Crippen LogP contribution in [0.4, 0.5) is 0 Å². The first kappa shape index (κ1) is 9.72. The molecule has 58 valence electrons. The van der Waals surface area contributed by atoms with Gasteiger partial charge in [0.15, 0.2) is 0 Å². The van der Waals surface area contributed by atoms with Crippen molar-refractivity contribution in [3.8, 4) is 0 Å². The molecule has 0 aromatic heterocycles. The highest BCUT2D eigenvalue weighted by Crippen LogP contribution is 2.20. The summed E-state index contributed by atoms with van der Waals surface area (Å²) in [5.74, 6) is 0. The minimum atomic E-state index is -2.00. The van der Waals surface area contributed by atoms with E-state index in [4.69, 9.17) is 0 Å². The Hall–Kier alpha value is -0.280. The van der Waals surface area contributed by atoms with Crippen LogP contribution in [0.3, 0.4) is 0 Å². The number of hydroxylamine groups is 1. The van der Waals surface area contributed by atoms with Crippen molar-refractivity contribution in [3.63, 3.8) is 0 Å². The third-order valence-corrected chi connectivity index (χ3v) is 1.35. The molecule has 0 heterocycles. The average Bonchev–Trinajstić information content (AvgIpc) is 1.89. The fourth-order valence-electron chi connectivity index (χ4n) is 0.281. The van der Waals surface area contributed by atoms with E-state index in [1.807, 2.05) is 0 Å². The van der Waals surface area contributed by atoms with Crippen molar-refractivity contribution in [2.24, 2.45) is 0 Å². The first-order chi connectivity index (χ1) is 4.81. The first-order valence-corrected chi connectivity index (χ1v) is 4.01. The Morgan fingerprint density at radius 3 is 3.00 bits per heavy atom. The highest BCUT2D eigenvalue weighted by Gasteiger charge is 2.17. The lowest BCUT2D eigenvalue weighted by Gasteiger charge is -1.86. The van der Waals surface area contributed by atoms with Gasteiger partial charge >= 0.3 is 8.25 Å². The topological polar surface area (TPSA) is 47.6 Å². The summed E-state index contributed by atoms with van der Waals surface area (Å²) in [7, 11) is -2.00. The maximum Gasteiger partial charge on any atom is 0.716 e. The summed E-state index contributed by atoms with van der Waals surface area (Å²) in [6.45, 7) is 6.00. The molecule has 4 nitrogen and oxygen atoms in total. The van der Waals surface area contributed by atoms with Crippen LogP contribution in [0.5, 0.6) is 0 Å². The summed E-state index contributed by atoms with van der Waals surface area (Å²) in [6, 6.07) is 0. The van der Waals surface area contributed by atoms with Gasteiger partial charge in [-0.25, -0.2) is 0 Å². The Balaban J connectivity index is 3.13. The van der Waals surface area contributed by atoms with Crippen LogP contribution in [0.15, 0.2) is 12.7 Å². The van der Waals surface area contributed by atoms with Crippen LogP contribution in [0, 0.1) is 0 Å². The standard InChI is InChI=1S/C5H11NO3P/c1-3-5-6-9-10(7)8-4-2/h3,6H,1,4-5H2,2H3/q+1. The Morgan fingerprint density at radius 2 is 2.50 bits per heavy atom. The van der Waals surface area contributed by atoms with E-state index in [1.165, 1.54) is 0 Å². The van der Waals surface area contributed by atoms with E-state index >= 15 is 0 Å². The predicted molar refractivity (Wildman–Crippen MR) is 38.5 cm³/mol. The zero-order chi connectivity index (χ0) is 7.82. The Bertz CT molecular complexity index is 117. The van der Waals surface area contributed by atoms with E-state index in [2.05, 4.69) is 21.2 Å². The number of nitrogens with one attached hydrogen (secondary N) is 1. The molecular formula is C5H11NO3P+. The molecule has 0 aliphatic carbocycles. The summed E-state index contributed by atoms with van der Waals surface area (Å²) < 4.78 is 19.6. The molecule has 5 heteroatoms. The van der Waals surface area contributed by atoms with E-state index in [-0.39, 0.29) is 0 Å². The quantitative estimate of drug-likeness (QED) is 0.279. The third-order valence-electron chi connectivity index (χ3n) is 0.601. The second kappa shape index (κ2) is 6.83. The summed E-state index contributed by atoms with van der Waals surface area (Å²) in [5, 5.41) is 0. The minimum absolute atomic E-state index is 0.380. The molecule has 0 saturated carbocycles. The predicted octanol–water partition coefficient (Wildman–Crippen LogP) is 1.39. The van der Waals surface area contributed by atoms with Crippen LogP contribution in [0.1, 0.15) is 6.92 Å². The zero-order valence-electron chi connectivity index (χ0n) is 5.87. The highest BCUT2D eigenvalue weighted by atomic mass is 31.1. The van der Waals surface area contributed by atoms with Gasteiger partial charge in [0.05, 0.1) is 0 Å². The number of rotatable bonds is 6. The molecule has 1 unspecified atom stereocenters. The first-order valence-electron chi connectivity index (χ1n) is 2.92. The Morgan fingerprint density at radius 1 is 1.80 bits per heavy atom. The third kappa shape index (κ3) is 5.85. The lowest BCUT2D eigenvalue weighted by molar-refractivity contribution is 0.168. The fraction of sp³-hybridized carbons (Fsp3) is 0.600. The molecule has 10 heavy (non-hydrogen) atoms. The van der Waals surface area contributed by atoms with E-state index in [0.29, 0.717) is 13.2 Å². The van der Waals surface area contributed by atoms with E-state index in [9.17, 15) is 4.57 Å². The summed E-state index contributed by atoms with van der Waals surface area (Å²) in [5.41, 5.74) is 2.39. The normalized spacial score (nSPS) is 11.1. The summed E-state index contributed by atoms with van der Waals surface area (Å²) in [4.78, 5) is 0. The summed E-state index contributed by atoms with van der Waals surface area (Å²) >= 11 is 0. The van der Waals surface area contributed by atoms with Gasteiger partial charge in [-0.15, -0.1) is 16.6 Å². The van der Waals surface area contributed by atoms with Crippen LogP contribution in [-0.4, -0.2) is 13.2 Å². The van der Waals surface area contributed by atoms with Crippen molar-refractivity contribution >= 4 is 8.25 Å². The smallest absolute Gasteiger partial charge is 0.145 e. The van der Waals surface area contributed by atoms with Crippen molar-refractivity contribution < 1.29 is 13.7 Å². The summed E-state index contributed by atoms with van der Waals surface area (Å²) in [6.07, 6.45) is 1.59. The Kier molecular flexibility index (Phi) is 6.64. The van der Waals surface area contributed by atoms with Crippen LogP contribution in [0.25, 0.3) is 0 Å². The molecule has 0 radical (unpaired) electrons. The van der Waals surface area contributed by atoms with Gasteiger partial charge in [0, 0.05) is 11.1 Å². The van der Waals surface area contributed by atoms with Gasteiger partial charge in [-0.3, -0.25) is 0 Å². The molecule has 0 fully saturated rings. The van der Waals surface area contributed by atoms with Gasteiger partial charge in [0.1, 0.15) is 6.61 Å². The zero-order valence-corrected chi connectivity index (χ0v) is 6.77. The second-order valence-electron chi connectivity index (χ2n) is 1.37. The molecular weight excluding hydrogens is 153 g/mol. The van der Waals surface area contributed by atoms with E-state index < -0.39 is 8.25 Å². The van der Waals surface area contributed by atoms with Gasteiger partial charge < -0.3 is 0 Å².